The molecule has 4 heterocycles. The summed E-state index contributed by atoms with van der Waals surface area (Å²) in [6, 6.07) is 16.6. The zero-order valence-corrected chi connectivity index (χ0v) is 24.0. The summed E-state index contributed by atoms with van der Waals surface area (Å²) in [6.07, 6.45) is 4.91. The third-order valence-corrected chi connectivity index (χ3v) is 9.99. The molecule has 1 N–H and O–H groups in total. The number of hydrogen-bond donors (Lipinski definition) is 1. The van der Waals surface area contributed by atoms with Crippen molar-refractivity contribution in [3.05, 3.63) is 88.4 Å². The average Bonchev–Trinajstić information content (AvgIpc) is 3.57. The predicted octanol–water partition coefficient (Wildman–Crippen LogP) is 5.02. The number of benzene rings is 2. The van der Waals surface area contributed by atoms with Crippen molar-refractivity contribution in [2.45, 2.75) is 69.9 Å². The number of anilines is 1. The number of aromatic nitrogens is 3. The normalized spacial score (nSPS) is 19.9. The molecular weight excluding hydrogens is 522 g/mol. The Hall–Kier alpha value is -3.40. The number of carboxylic acid groups (broad SMARTS) is 1. The van der Waals surface area contributed by atoms with Crippen molar-refractivity contribution >= 4 is 28.7 Å². The molecule has 0 radical (unpaired) electrons. The summed E-state index contributed by atoms with van der Waals surface area (Å²) in [6.45, 7) is 8.36. The maximum atomic E-state index is 13.9. The van der Waals surface area contributed by atoms with Gasteiger partial charge in [0.15, 0.2) is 10.5 Å². The molecule has 0 aliphatic carbocycles. The van der Waals surface area contributed by atoms with E-state index in [2.05, 4.69) is 44.5 Å². The van der Waals surface area contributed by atoms with E-state index in [1.165, 1.54) is 0 Å². The number of nitrogens with zero attached hydrogens (tertiary/aromatic N) is 5. The van der Waals surface area contributed by atoms with Gasteiger partial charge >= 0.3 is 5.97 Å². The highest BCUT2D eigenvalue weighted by atomic mass is 32.2. The molecular formula is C31H35N5O3S. The first-order chi connectivity index (χ1) is 19.4. The smallest absolute Gasteiger partial charge is 0.304 e. The van der Waals surface area contributed by atoms with Crippen LogP contribution in [0.4, 0.5) is 5.69 Å². The van der Waals surface area contributed by atoms with Crippen LogP contribution in [0.1, 0.15) is 65.7 Å². The lowest BCUT2D eigenvalue weighted by molar-refractivity contribution is -0.137. The molecule has 4 aromatic rings. The van der Waals surface area contributed by atoms with E-state index < -0.39 is 17.3 Å². The van der Waals surface area contributed by atoms with Crippen LogP contribution in [0.2, 0.25) is 0 Å². The minimum Gasteiger partial charge on any atom is -0.593 e. The van der Waals surface area contributed by atoms with Gasteiger partial charge in [-0.05, 0) is 72.7 Å². The summed E-state index contributed by atoms with van der Waals surface area (Å²) < 4.78 is 18.0. The van der Waals surface area contributed by atoms with Crippen LogP contribution >= 0.6 is 0 Å². The molecule has 0 bridgehead atoms. The highest BCUT2D eigenvalue weighted by molar-refractivity contribution is 7.89. The Labute approximate surface area is 238 Å². The summed E-state index contributed by atoms with van der Waals surface area (Å²) in [4.78, 5) is 15.4. The van der Waals surface area contributed by atoms with Crippen molar-refractivity contribution in [2.75, 3.05) is 18.0 Å². The molecule has 3 atom stereocenters. The first kappa shape index (κ1) is 26.8. The number of rotatable bonds is 7. The molecule has 2 aromatic heterocycles. The van der Waals surface area contributed by atoms with Crippen molar-refractivity contribution < 1.29 is 14.5 Å². The standard InChI is InChI=1S/C31H35N5O3S/c1-4-29-32-33-31-21(3)25(13-15-36(29)31)26(17-30(37)38)22-12-11-20(2)23(16-22)18-34-19-24-8-7-14-35(24)27-9-5-6-10-28(27)40(34)39/h5-6,9-13,15-16,24,26H,4,7-8,14,17-19H2,1-3H3,(H,37,38). The molecule has 2 aliphatic heterocycles. The first-order valence-electron chi connectivity index (χ1n) is 14.0. The monoisotopic (exact) mass is 557 g/mol. The Morgan fingerprint density at radius 3 is 2.80 bits per heavy atom. The van der Waals surface area contributed by atoms with Crippen LogP contribution in [0.3, 0.4) is 0 Å². The van der Waals surface area contributed by atoms with Crippen LogP contribution < -0.4 is 4.90 Å². The molecule has 2 aliphatic rings. The average molecular weight is 558 g/mol. The molecule has 1 saturated heterocycles. The molecule has 208 valence electrons. The van der Waals surface area contributed by atoms with Gasteiger partial charge in [0.25, 0.3) is 0 Å². The lowest BCUT2D eigenvalue weighted by atomic mass is 9.85. The maximum Gasteiger partial charge on any atom is 0.304 e. The van der Waals surface area contributed by atoms with Gasteiger partial charge in [-0.25, -0.2) is 0 Å². The second-order valence-corrected chi connectivity index (χ2v) is 12.4. The Morgan fingerprint density at radius 2 is 2.00 bits per heavy atom. The van der Waals surface area contributed by atoms with Crippen LogP contribution in [0.5, 0.6) is 0 Å². The quantitative estimate of drug-likeness (QED) is 0.319. The van der Waals surface area contributed by atoms with Crippen LogP contribution in [0, 0.1) is 13.8 Å². The van der Waals surface area contributed by atoms with Gasteiger partial charge in [0.1, 0.15) is 5.82 Å². The molecule has 2 aromatic carbocycles. The van der Waals surface area contributed by atoms with E-state index in [0.29, 0.717) is 12.6 Å². The van der Waals surface area contributed by atoms with Crippen LogP contribution in [-0.4, -0.2) is 53.7 Å². The zero-order chi connectivity index (χ0) is 28.0. The third-order valence-electron chi connectivity index (χ3n) is 8.52. The van der Waals surface area contributed by atoms with Gasteiger partial charge < -0.3 is 14.6 Å². The highest BCUT2D eigenvalue weighted by Gasteiger charge is 2.39. The molecule has 8 nitrogen and oxygen atoms in total. The van der Waals surface area contributed by atoms with Crippen molar-refractivity contribution in [3.8, 4) is 0 Å². The molecule has 0 saturated carbocycles. The van der Waals surface area contributed by atoms with E-state index in [1.807, 2.05) is 54.8 Å². The molecule has 40 heavy (non-hydrogen) atoms. The van der Waals surface area contributed by atoms with E-state index in [0.717, 1.165) is 82.2 Å². The number of aryl methyl sites for hydroxylation is 3. The number of hydrogen-bond acceptors (Lipinski definition) is 6. The third kappa shape index (κ3) is 4.76. The fourth-order valence-electron chi connectivity index (χ4n) is 6.36. The Kier molecular flexibility index (Phi) is 7.29. The van der Waals surface area contributed by atoms with E-state index in [1.54, 1.807) is 0 Å². The molecule has 0 spiro atoms. The Bertz CT molecular complexity index is 1570. The van der Waals surface area contributed by atoms with Crippen LogP contribution in [0.25, 0.3) is 5.65 Å². The van der Waals surface area contributed by atoms with E-state index in [4.69, 9.17) is 0 Å². The summed E-state index contributed by atoms with van der Waals surface area (Å²) in [5.41, 5.74) is 6.84. The van der Waals surface area contributed by atoms with E-state index in [9.17, 15) is 14.5 Å². The van der Waals surface area contributed by atoms with E-state index in [-0.39, 0.29) is 12.3 Å². The summed E-state index contributed by atoms with van der Waals surface area (Å²) in [5, 5.41) is 18.6. The summed E-state index contributed by atoms with van der Waals surface area (Å²) in [7, 11) is 0. The number of para-hydroxylation sites is 1. The van der Waals surface area contributed by atoms with Crippen molar-refractivity contribution in [1.82, 2.24) is 18.9 Å². The van der Waals surface area contributed by atoms with Gasteiger partial charge in [0, 0.05) is 31.1 Å². The number of fused-ring (bicyclic) bond motifs is 4. The van der Waals surface area contributed by atoms with Crippen molar-refractivity contribution in [3.63, 3.8) is 0 Å². The fraction of sp³-hybridized carbons (Fsp3) is 0.387. The van der Waals surface area contributed by atoms with Gasteiger partial charge in [0.2, 0.25) is 0 Å². The van der Waals surface area contributed by atoms with E-state index >= 15 is 0 Å². The SMILES string of the molecule is CCc1nnc2c(C)c(C(CC(=O)O)c3ccc(C)c(CN4CC5CCCN5c5ccccc5[S+]4[O-])c3)ccn12. The largest absolute Gasteiger partial charge is 0.593 e. The van der Waals surface area contributed by atoms with Gasteiger partial charge in [-0.3, -0.25) is 9.20 Å². The minimum atomic E-state index is -1.29. The highest BCUT2D eigenvalue weighted by Crippen LogP contribution is 2.38. The molecule has 0 amide bonds. The number of pyridine rings is 1. The molecule has 1 fully saturated rings. The summed E-state index contributed by atoms with van der Waals surface area (Å²) >= 11 is -1.29. The van der Waals surface area contributed by atoms with Crippen molar-refractivity contribution in [2.24, 2.45) is 0 Å². The number of carboxylic acids is 1. The topological polar surface area (TPSA) is 97.0 Å². The van der Waals surface area contributed by atoms with Crippen LogP contribution in [0.15, 0.2) is 59.6 Å². The molecule has 6 rings (SSSR count). The Morgan fingerprint density at radius 1 is 1.18 bits per heavy atom. The number of carbonyl (C=O) groups is 1. The van der Waals surface area contributed by atoms with Gasteiger partial charge in [-0.15, -0.1) is 14.5 Å². The lowest BCUT2D eigenvalue weighted by Crippen LogP contribution is -2.39. The molecule has 3 unspecified atom stereocenters. The van der Waals surface area contributed by atoms with Crippen molar-refractivity contribution in [1.29, 1.82) is 0 Å². The Balaban J connectivity index is 1.36. The van der Waals surface area contributed by atoms with Crippen LogP contribution in [-0.2, 0) is 29.1 Å². The second-order valence-electron chi connectivity index (χ2n) is 10.9. The predicted molar refractivity (Wildman–Crippen MR) is 156 cm³/mol. The second kappa shape index (κ2) is 10.9. The fourth-order valence-corrected chi connectivity index (χ4v) is 7.76. The minimum absolute atomic E-state index is 0.0334. The first-order valence-corrected chi connectivity index (χ1v) is 15.1. The number of aliphatic carboxylic acids is 1. The van der Waals surface area contributed by atoms with Gasteiger partial charge in [-0.1, -0.05) is 37.3 Å². The zero-order valence-electron chi connectivity index (χ0n) is 23.2. The summed E-state index contributed by atoms with van der Waals surface area (Å²) in [5.74, 6) is -0.317. The molecule has 9 heteroatoms. The lowest BCUT2D eigenvalue weighted by Gasteiger charge is -2.26. The maximum absolute atomic E-state index is 13.9. The van der Waals surface area contributed by atoms with Gasteiger partial charge in [0.05, 0.1) is 36.6 Å². The van der Waals surface area contributed by atoms with Gasteiger partial charge in [-0.2, -0.15) is 0 Å².